The molecule has 0 aromatic carbocycles. The number of nitrogens with zero attached hydrogens (tertiary/aromatic N) is 6. The second-order valence-electron chi connectivity index (χ2n) is 7.40. The van der Waals surface area contributed by atoms with Crippen molar-refractivity contribution in [3.8, 4) is 0 Å². The summed E-state index contributed by atoms with van der Waals surface area (Å²) in [7, 11) is 0. The Morgan fingerprint density at radius 3 is 2.62 bits per heavy atom. The number of fused-ring (bicyclic) bond motifs is 1. The molecule has 11 heteroatoms. The normalized spacial score (nSPS) is 18.8. The standard InChI is InChI=1S/C18H21F3N6O2/c19-18(20,21)16-23-17-22-7-3-13(27(17)24-16)12-4-9-26(10-5-12)15(29)6-11-25-8-1-2-14(25)28/h3,7,12H,1-2,4-6,8-11H2. The van der Waals surface area contributed by atoms with Crippen LogP contribution in [0.2, 0.25) is 0 Å². The van der Waals surface area contributed by atoms with Crippen LogP contribution in [0.25, 0.3) is 5.78 Å². The summed E-state index contributed by atoms with van der Waals surface area (Å²) in [6.45, 7) is 2.19. The number of likely N-dealkylation sites (tertiary alicyclic amines) is 2. The highest BCUT2D eigenvalue weighted by molar-refractivity contribution is 5.80. The van der Waals surface area contributed by atoms with Crippen LogP contribution >= 0.6 is 0 Å². The first kappa shape index (κ1) is 19.6. The van der Waals surface area contributed by atoms with Gasteiger partial charge < -0.3 is 9.80 Å². The zero-order chi connectivity index (χ0) is 20.6. The topological polar surface area (TPSA) is 83.7 Å². The molecule has 0 aliphatic carbocycles. The summed E-state index contributed by atoms with van der Waals surface area (Å²) in [6.07, 6.45) is -0.256. The summed E-state index contributed by atoms with van der Waals surface area (Å²) >= 11 is 0. The van der Waals surface area contributed by atoms with Crippen LogP contribution in [-0.4, -0.2) is 67.4 Å². The van der Waals surface area contributed by atoms with E-state index in [-0.39, 0.29) is 23.5 Å². The zero-order valence-corrected chi connectivity index (χ0v) is 15.7. The van der Waals surface area contributed by atoms with Gasteiger partial charge in [0.05, 0.1) is 5.69 Å². The highest BCUT2D eigenvalue weighted by atomic mass is 19.4. The predicted octanol–water partition coefficient (Wildman–Crippen LogP) is 1.86. The van der Waals surface area contributed by atoms with Crippen LogP contribution in [-0.2, 0) is 15.8 Å². The number of piperidine rings is 1. The Morgan fingerprint density at radius 2 is 1.97 bits per heavy atom. The van der Waals surface area contributed by atoms with Gasteiger partial charge in [-0.05, 0) is 25.3 Å². The first-order chi connectivity index (χ1) is 13.8. The van der Waals surface area contributed by atoms with E-state index in [1.807, 2.05) is 0 Å². The maximum Gasteiger partial charge on any atom is 0.453 e. The summed E-state index contributed by atoms with van der Waals surface area (Å²) in [5.41, 5.74) is 0.618. The molecule has 156 valence electrons. The van der Waals surface area contributed by atoms with Gasteiger partial charge in [0.2, 0.25) is 11.8 Å². The van der Waals surface area contributed by atoms with E-state index in [1.54, 1.807) is 15.9 Å². The summed E-state index contributed by atoms with van der Waals surface area (Å²) in [5.74, 6) is -1.22. The largest absolute Gasteiger partial charge is 0.453 e. The third kappa shape index (κ3) is 4.03. The molecule has 2 aromatic rings. The lowest BCUT2D eigenvalue weighted by atomic mass is 9.93. The van der Waals surface area contributed by atoms with Crippen LogP contribution in [0.3, 0.4) is 0 Å². The lowest BCUT2D eigenvalue weighted by Gasteiger charge is -2.32. The molecule has 2 aliphatic heterocycles. The molecule has 2 amide bonds. The van der Waals surface area contributed by atoms with Gasteiger partial charge in [-0.25, -0.2) is 9.50 Å². The molecule has 4 rings (SSSR count). The molecule has 0 bridgehead atoms. The summed E-state index contributed by atoms with van der Waals surface area (Å²) in [4.78, 5) is 34.9. The number of amides is 2. The molecule has 0 radical (unpaired) electrons. The van der Waals surface area contributed by atoms with Crippen LogP contribution in [0.1, 0.15) is 49.5 Å². The van der Waals surface area contributed by atoms with Gasteiger partial charge in [0, 0.05) is 51.1 Å². The lowest BCUT2D eigenvalue weighted by molar-refractivity contribution is -0.144. The van der Waals surface area contributed by atoms with Gasteiger partial charge in [-0.15, -0.1) is 5.10 Å². The Bertz CT molecular complexity index is 920. The second kappa shape index (κ2) is 7.60. The summed E-state index contributed by atoms with van der Waals surface area (Å²) in [5, 5.41) is 3.59. The van der Waals surface area contributed by atoms with Crippen molar-refractivity contribution in [3.05, 3.63) is 23.8 Å². The zero-order valence-electron chi connectivity index (χ0n) is 15.7. The maximum atomic E-state index is 12.9. The van der Waals surface area contributed by atoms with Crippen LogP contribution in [0.15, 0.2) is 12.3 Å². The molecule has 8 nitrogen and oxygen atoms in total. The van der Waals surface area contributed by atoms with Gasteiger partial charge in [-0.1, -0.05) is 0 Å². The van der Waals surface area contributed by atoms with Crippen molar-refractivity contribution in [1.29, 1.82) is 0 Å². The van der Waals surface area contributed by atoms with Crippen LogP contribution in [0.5, 0.6) is 0 Å². The molecule has 0 spiro atoms. The molecule has 4 heterocycles. The number of carbonyl (C=O) groups excluding carboxylic acids is 2. The Balaban J connectivity index is 1.39. The summed E-state index contributed by atoms with van der Waals surface area (Å²) < 4.78 is 39.9. The van der Waals surface area contributed by atoms with Crippen LogP contribution < -0.4 is 0 Å². The number of alkyl halides is 3. The number of halogens is 3. The third-order valence-electron chi connectivity index (χ3n) is 5.56. The number of aromatic nitrogens is 4. The highest BCUT2D eigenvalue weighted by Crippen LogP contribution is 2.30. The minimum atomic E-state index is -4.63. The quantitative estimate of drug-likeness (QED) is 0.768. The molecule has 2 saturated heterocycles. The van der Waals surface area contributed by atoms with Gasteiger partial charge >= 0.3 is 6.18 Å². The van der Waals surface area contributed by atoms with E-state index in [2.05, 4.69) is 15.1 Å². The summed E-state index contributed by atoms with van der Waals surface area (Å²) in [6, 6.07) is 1.66. The lowest BCUT2D eigenvalue weighted by Crippen LogP contribution is -2.40. The molecule has 0 unspecified atom stereocenters. The van der Waals surface area contributed by atoms with E-state index in [0.29, 0.717) is 57.6 Å². The molecular weight excluding hydrogens is 389 g/mol. The van der Waals surface area contributed by atoms with Crippen LogP contribution in [0.4, 0.5) is 13.2 Å². The molecule has 29 heavy (non-hydrogen) atoms. The van der Waals surface area contributed by atoms with Gasteiger partial charge in [-0.2, -0.15) is 18.2 Å². The van der Waals surface area contributed by atoms with Crippen molar-refractivity contribution in [2.45, 2.75) is 44.2 Å². The average molecular weight is 410 g/mol. The van der Waals surface area contributed by atoms with Crippen molar-refractivity contribution >= 4 is 17.6 Å². The smallest absolute Gasteiger partial charge is 0.343 e. The monoisotopic (exact) mass is 410 g/mol. The van der Waals surface area contributed by atoms with Crippen molar-refractivity contribution in [2.75, 3.05) is 26.2 Å². The fourth-order valence-electron chi connectivity index (χ4n) is 3.99. The highest BCUT2D eigenvalue weighted by Gasteiger charge is 2.37. The first-order valence-electron chi connectivity index (χ1n) is 9.67. The number of hydrogen-bond donors (Lipinski definition) is 0. The fourth-order valence-corrected chi connectivity index (χ4v) is 3.99. The Hall–Kier alpha value is -2.72. The van der Waals surface area contributed by atoms with E-state index in [0.717, 1.165) is 10.9 Å². The SMILES string of the molecule is O=C1CCCN1CCC(=O)N1CCC(c2ccnc3nc(C(F)(F)F)nn23)CC1. The first-order valence-corrected chi connectivity index (χ1v) is 9.67. The maximum absolute atomic E-state index is 12.9. The fraction of sp³-hybridized carbons (Fsp3) is 0.611. The number of carbonyl (C=O) groups is 2. The van der Waals surface area contributed by atoms with E-state index >= 15 is 0 Å². The Morgan fingerprint density at radius 1 is 1.21 bits per heavy atom. The number of rotatable bonds is 4. The predicted molar refractivity (Wildman–Crippen MR) is 94.8 cm³/mol. The Kier molecular flexibility index (Phi) is 5.13. The van der Waals surface area contributed by atoms with Gasteiger partial charge in [-0.3, -0.25) is 9.59 Å². The van der Waals surface area contributed by atoms with E-state index in [9.17, 15) is 22.8 Å². The van der Waals surface area contributed by atoms with Crippen molar-refractivity contribution < 1.29 is 22.8 Å². The molecule has 2 aliphatic rings. The Labute approximate surface area is 164 Å². The van der Waals surface area contributed by atoms with Gasteiger partial charge in [0.15, 0.2) is 0 Å². The molecule has 0 saturated carbocycles. The molecule has 0 N–H and O–H groups in total. The molecule has 2 fully saturated rings. The van der Waals surface area contributed by atoms with Gasteiger partial charge in [0.25, 0.3) is 11.6 Å². The molecule has 0 atom stereocenters. The van der Waals surface area contributed by atoms with Crippen molar-refractivity contribution in [1.82, 2.24) is 29.4 Å². The third-order valence-corrected chi connectivity index (χ3v) is 5.56. The number of hydrogen-bond acceptors (Lipinski definition) is 5. The average Bonchev–Trinajstić information content (AvgIpc) is 3.32. The minimum absolute atomic E-state index is 0.00291. The second-order valence-corrected chi connectivity index (χ2v) is 7.40. The van der Waals surface area contributed by atoms with E-state index < -0.39 is 12.0 Å². The molecular formula is C18H21F3N6O2. The van der Waals surface area contributed by atoms with Crippen LogP contribution in [0, 0.1) is 0 Å². The molecule has 2 aromatic heterocycles. The van der Waals surface area contributed by atoms with Crippen molar-refractivity contribution in [2.24, 2.45) is 0 Å². The van der Waals surface area contributed by atoms with Gasteiger partial charge in [0.1, 0.15) is 0 Å². The van der Waals surface area contributed by atoms with E-state index in [4.69, 9.17) is 0 Å². The van der Waals surface area contributed by atoms with Crippen molar-refractivity contribution in [3.63, 3.8) is 0 Å². The van der Waals surface area contributed by atoms with E-state index in [1.165, 1.54) is 6.20 Å². The minimum Gasteiger partial charge on any atom is -0.343 e.